The zero-order chi connectivity index (χ0) is 11.4. The predicted molar refractivity (Wildman–Crippen MR) is 58.2 cm³/mol. The van der Waals surface area contributed by atoms with Crippen molar-refractivity contribution >= 4 is 5.97 Å². The summed E-state index contributed by atoms with van der Waals surface area (Å²) in [5.41, 5.74) is 0.389. The van der Waals surface area contributed by atoms with Crippen molar-refractivity contribution in [1.29, 1.82) is 0 Å². The van der Waals surface area contributed by atoms with Crippen LogP contribution in [0.2, 0.25) is 0 Å². The van der Waals surface area contributed by atoms with Crippen LogP contribution in [0.3, 0.4) is 0 Å². The molecule has 0 fully saturated rings. The van der Waals surface area contributed by atoms with E-state index in [2.05, 4.69) is 13.0 Å². The Morgan fingerprint density at radius 2 is 1.93 bits per heavy atom. The largest absolute Gasteiger partial charge is 0.478 e. The molecule has 0 aliphatic rings. The average Bonchev–Trinajstić information content (AvgIpc) is 2.18. The lowest BCUT2D eigenvalue weighted by atomic mass is 10.3. The van der Waals surface area contributed by atoms with Gasteiger partial charge in [-0.2, -0.15) is 0 Å². The second kappa shape index (κ2) is 11.9. The summed E-state index contributed by atoms with van der Waals surface area (Å²) < 4.78 is 0. The third kappa shape index (κ3) is 13.5. The van der Waals surface area contributed by atoms with Crippen molar-refractivity contribution in [3.05, 3.63) is 23.8 Å². The summed E-state index contributed by atoms with van der Waals surface area (Å²) in [4.78, 5) is 9.86. The smallest absolute Gasteiger partial charge is 0.330 e. The molecule has 0 aliphatic heterocycles. The Kier molecular flexibility index (Phi) is 13.1. The van der Waals surface area contributed by atoms with Gasteiger partial charge in [-0.1, -0.05) is 25.2 Å². The Balaban J connectivity index is 0. The number of aliphatic carboxylic acids is 1. The molecule has 0 saturated heterocycles. The molecular formula is C11H20O3. The summed E-state index contributed by atoms with van der Waals surface area (Å²) in [6.45, 7) is 5.61. The normalized spacial score (nSPS) is 11.0. The van der Waals surface area contributed by atoms with E-state index in [0.717, 1.165) is 12.8 Å². The van der Waals surface area contributed by atoms with Crippen molar-refractivity contribution in [3.63, 3.8) is 0 Å². The van der Waals surface area contributed by atoms with E-state index in [9.17, 15) is 4.79 Å². The maximum absolute atomic E-state index is 9.86. The summed E-state index contributed by atoms with van der Waals surface area (Å²) in [6.07, 6.45) is 7.46. The monoisotopic (exact) mass is 200 g/mol. The van der Waals surface area contributed by atoms with Gasteiger partial charge < -0.3 is 10.2 Å². The number of allylic oxidation sites excluding steroid dienone is 2. The van der Waals surface area contributed by atoms with Gasteiger partial charge in [-0.15, -0.1) is 0 Å². The van der Waals surface area contributed by atoms with Crippen molar-refractivity contribution in [3.8, 4) is 0 Å². The molecule has 2 N–H and O–H groups in total. The molecule has 0 aromatic carbocycles. The molecule has 3 heteroatoms. The maximum Gasteiger partial charge on any atom is 0.330 e. The molecule has 3 nitrogen and oxygen atoms in total. The third-order valence-electron chi connectivity index (χ3n) is 1.47. The van der Waals surface area contributed by atoms with Crippen LogP contribution in [0.25, 0.3) is 0 Å². The number of rotatable bonds is 4. The first-order valence-corrected chi connectivity index (χ1v) is 4.72. The number of hydrogen-bond donors (Lipinski definition) is 2. The average molecular weight is 200 g/mol. The molecule has 0 bridgehead atoms. The van der Waals surface area contributed by atoms with Crippen molar-refractivity contribution in [2.24, 2.45) is 0 Å². The van der Waals surface area contributed by atoms with E-state index in [4.69, 9.17) is 10.2 Å². The second-order valence-electron chi connectivity index (χ2n) is 2.67. The molecule has 0 spiro atoms. The number of carboxylic acid groups (broad SMARTS) is 1. The molecule has 0 atom stereocenters. The van der Waals surface area contributed by atoms with Crippen LogP contribution in [-0.2, 0) is 4.79 Å². The van der Waals surface area contributed by atoms with Crippen LogP contribution < -0.4 is 0 Å². The van der Waals surface area contributed by atoms with Crippen LogP contribution in [0.4, 0.5) is 0 Å². The highest BCUT2D eigenvalue weighted by Crippen LogP contribution is 1.87. The number of aliphatic hydroxyl groups is 1. The molecule has 0 rings (SSSR count). The fourth-order valence-electron chi connectivity index (χ4n) is 0.483. The van der Waals surface area contributed by atoms with Gasteiger partial charge in [0.1, 0.15) is 0 Å². The predicted octanol–water partition coefficient (Wildman–Crippen LogP) is 2.37. The van der Waals surface area contributed by atoms with E-state index in [-0.39, 0.29) is 6.61 Å². The van der Waals surface area contributed by atoms with E-state index < -0.39 is 5.97 Å². The Morgan fingerprint density at radius 1 is 1.36 bits per heavy atom. The van der Waals surface area contributed by atoms with Gasteiger partial charge in [0, 0.05) is 12.2 Å². The topological polar surface area (TPSA) is 57.5 Å². The second-order valence-corrected chi connectivity index (χ2v) is 2.67. The summed E-state index contributed by atoms with van der Waals surface area (Å²) in [7, 11) is 0. The van der Waals surface area contributed by atoms with Gasteiger partial charge >= 0.3 is 5.97 Å². The quantitative estimate of drug-likeness (QED) is 0.541. The number of carbonyl (C=O) groups is 1. The highest BCUT2D eigenvalue weighted by Gasteiger charge is 1.93. The van der Waals surface area contributed by atoms with E-state index in [0.29, 0.717) is 5.57 Å². The first-order valence-electron chi connectivity index (χ1n) is 4.72. The summed E-state index contributed by atoms with van der Waals surface area (Å²) in [5, 5.41) is 16.4. The first kappa shape index (κ1) is 15.4. The number of aliphatic hydroxyl groups excluding tert-OH is 1. The van der Waals surface area contributed by atoms with E-state index in [1.165, 1.54) is 0 Å². The van der Waals surface area contributed by atoms with Gasteiger partial charge in [0.25, 0.3) is 0 Å². The van der Waals surface area contributed by atoms with Crippen LogP contribution in [0.1, 0.15) is 33.6 Å². The Morgan fingerprint density at radius 3 is 2.14 bits per heavy atom. The molecular weight excluding hydrogens is 180 g/mol. The maximum atomic E-state index is 9.86. The van der Waals surface area contributed by atoms with Crippen molar-refractivity contribution < 1.29 is 15.0 Å². The van der Waals surface area contributed by atoms with Crippen molar-refractivity contribution in [1.82, 2.24) is 0 Å². The summed E-state index contributed by atoms with van der Waals surface area (Å²) in [5.74, 6) is -0.845. The SMILES string of the molecule is CC=C(C)C(=O)O.CCC=CCCO. The van der Waals surface area contributed by atoms with Crippen molar-refractivity contribution in [2.45, 2.75) is 33.6 Å². The van der Waals surface area contributed by atoms with Gasteiger partial charge in [0.15, 0.2) is 0 Å². The molecule has 0 unspecified atom stereocenters. The minimum Gasteiger partial charge on any atom is -0.478 e. The molecule has 82 valence electrons. The Bertz CT molecular complexity index is 193. The molecule has 14 heavy (non-hydrogen) atoms. The van der Waals surface area contributed by atoms with Crippen LogP contribution in [0.15, 0.2) is 23.8 Å². The fourth-order valence-corrected chi connectivity index (χ4v) is 0.483. The lowest BCUT2D eigenvalue weighted by Gasteiger charge is -1.84. The zero-order valence-electron chi connectivity index (χ0n) is 9.16. The minimum absolute atomic E-state index is 0.274. The van der Waals surface area contributed by atoms with Crippen molar-refractivity contribution in [2.75, 3.05) is 6.61 Å². The summed E-state index contributed by atoms with van der Waals surface area (Å²) >= 11 is 0. The van der Waals surface area contributed by atoms with Crippen LogP contribution in [-0.4, -0.2) is 22.8 Å². The number of hydrogen-bond acceptors (Lipinski definition) is 2. The van der Waals surface area contributed by atoms with Crippen LogP contribution >= 0.6 is 0 Å². The van der Waals surface area contributed by atoms with Gasteiger partial charge in [-0.3, -0.25) is 0 Å². The van der Waals surface area contributed by atoms with E-state index in [1.807, 2.05) is 6.08 Å². The van der Waals surface area contributed by atoms with Gasteiger partial charge in [-0.25, -0.2) is 4.79 Å². The highest BCUT2D eigenvalue weighted by molar-refractivity contribution is 5.85. The number of carboxylic acids is 1. The van der Waals surface area contributed by atoms with Gasteiger partial charge in [0.05, 0.1) is 0 Å². The fraction of sp³-hybridized carbons (Fsp3) is 0.545. The molecule has 0 aliphatic carbocycles. The lowest BCUT2D eigenvalue weighted by Crippen LogP contribution is -1.93. The Labute approximate surface area is 85.8 Å². The molecule has 0 saturated carbocycles. The minimum atomic E-state index is -0.845. The molecule has 0 aromatic rings. The standard InChI is InChI=1S/C6H12O.C5H8O2/c1-2-3-4-5-6-7;1-3-4(2)5(6)7/h3-4,7H,2,5-6H2,1H3;3H,1-2H3,(H,6,7). The van der Waals surface area contributed by atoms with Gasteiger partial charge in [-0.05, 0) is 26.7 Å². The van der Waals surface area contributed by atoms with Crippen LogP contribution in [0.5, 0.6) is 0 Å². The molecule has 0 radical (unpaired) electrons. The molecule has 0 heterocycles. The lowest BCUT2D eigenvalue weighted by molar-refractivity contribution is -0.132. The van der Waals surface area contributed by atoms with E-state index in [1.54, 1.807) is 19.9 Å². The van der Waals surface area contributed by atoms with E-state index >= 15 is 0 Å². The van der Waals surface area contributed by atoms with Gasteiger partial charge in [0.2, 0.25) is 0 Å². The molecule has 0 aromatic heterocycles. The molecule has 0 amide bonds. The first-order chi connectivity index (χ1) is 6.59. The Hall–Kier alpha value is -1.09. The van der Waals surface area contributed by atoms with Crippen LogP contribution in [0, 0.1) is 0 Å². The summed E-state index contributed by atoms with van der Waals surface area (Å²) in [6, 6.07) is 0. The third-order valence-corrected chi connectivity index (χ3v) is 1.47. The highest BCUT2D eigenvalue weighted by atomic mass is 16.4. The zero-order valence-corrected chi connectivity index (χ0v) is 9.16.